The molecule has 100 valence electrons. The smallest absolute Gasteiger partial charge is 0.491 e. The van der Waals surface area contributed by atoms with E-state index in [1.54, 1.807) is 24.3 Å². The number of rotatable bonds is 3. The van der Waals surface area contributed by atoms with Crippen molar-refractivity contribution in [2.24, 2.45) is 0 Å². The molecule has 1 aliphatic heterocycles. The van der Waals surface area contributed by atoms with Gasteiger partial charge in [-0.25, -0.2) is 0 Å². The molecule has 1 aromatic carbocycles. The highest BCUT2D eigenvalue weighted by molar-refractivity contribution is 9.10. The lowest BCUT2D eigenvalue weighted by Gasteiger charge is -2.26. The molecule has 6 heteroatoms. The molecule has 1 unspecified atom stereocenters. The van der Waals surface area contributed by atoms with Gasteiger partial charge in [-0.15, -0.1) is 0 Å². The maximum Gasteiger partial charge on any atom is 0.491 e. The number of phenols is 1. The van der Waals surface area contributed by atoms with Crippen LogP contribution in [-0.2, 0) is 4.65 Å². The summed E-state index contributed by atoms with van der Waals surface area (Å²) in [6.07, 6.45) is 1.84. The van der Waals surface area contributed by atoms with E-state index in [0.29, 0.717) is 23.0 Å². The maximum atomic E-state index is 9.91. The van der Waals surface area contributed by atoms with Crippen LogP contribution in [-0.4, -0.2) is 29.0 Å². The summed E-state index contributed by atoms with van der Waals surface area (Å²) in [5.74, 6) is 0.123. The van der Waals surface area contributed by atoms with Gasteiger partial charge in [0.15, 0.2) is 0 Å². The van der Waals surface area contributed by atoms with Crippen molar-refractivity contribution in [3.8, 4) is 5.75 Å². The van der Waals surface area contributed by atoms with Crippen molar-refractivity contribution in [2.45, 2.75) is 12.5 Å². The highest BCUT2D eigenvalue weighted by Crippen LogP contribution is 2.36. The van der Waals surface area contributed by atoms with E-state index in [1.165, 1.54) is 0 Å². The monoisotopic (exact) mass is 324 g/mol. The first-order valence-electron chi connectivity index (χ1n) is 5.84. The van der Waals surface area contributed by atoms with E-state index in [0.717, 1.165) is 4.47 Å². The minimum absolute atomic E-state index is 0.123. The maximum absolute atomic E-state index is 9.91. The SMILES string of the molecule is C=C(CO)C1=CCC(c2cc(Br)ccc2O)OB1O. The summed E-state index contributed by atoms with van der Waals surface area (Å²) in [4.78, 5) is 0. The number of benzene rings is 1. The van der Waals surface area contributed by atoms with Crippen LogP contribution in [0.3, 0.4) is 0 Å². The fraction of sp³-hybridized carbons (Fsp3) is 0.231. The van der Waals surface area contributed by atoms with Crippen LogP contribution in [0.2, 0.25) is 0 Å². The molecule has 0 saturated carbocycles. The predicted molar refractivity (Wildman–Crippen MR) is 76.5 cm³/mol. The van der Waals surface area contributed by atoms with E-state index >= 15 is 0 Å². The Hall–Kier alpha value is -1.08. The third kappa shape index (κ3) is 3.09. The van der Waals surface area contributed by atoms with Gasteiger partial charge in [0.25, 0.3) is 0 Å². The van der Waals surface area contributed by atoms with E-state index in [4.69, 9.17) is 9.76 Å². The normalized spacial score (nSPS) is 19.2. The van der Waals surface area contributed by atoms with Gasteiger partial charge in [0.2, 0.25) is 0 Å². The van der Waals surface area contributed by atoms with Gasteiger partial charge >= 0.3 is 7.12 Å². The second-order valence-corrected chi connectivity index (χ2v) is 5.25. The lowest BCUT2D eigenvalue weighted by atomic mass is 9.71. The molecule has 0 amide bonds. The van der Waals surface area contributed by atoms with E-state index in [9.17, 15) is 10.1 Å². The molecule has 0 saturated heterocycles. The highest BCUT2D eigenvalue weighted by atomic mass is 79.9. The molecule has 0 spiro atoms. The highest BCUT2D eigenvalue weighted by Gasteiger charge is 2.31. The zero-order valence-electron chi connectivity index (χ0n) is 10.2. The topological polar surface area (TPSA) is 69.9 Å². The zero-order valence-corrected chi connectivity index (χ0v) is 11.8. The van der Waals surface area contributed by atoms with Gasteiger partial charge in [-0.1, -0.05) is 28.6 Å². The van der Waals surface area contributed by atoms with Gasteiger partial charge in [-0.3, -0.25) is 0 Å². The predicted octanol–water partition coefficient (Wildman–Crippen LogP) is 2.11. The second-order valence-electron chi connectivity index (χ2n) is 4.34. The number of hydrogen-bond donors (Lipinski definition) is 3. The summed E-state index contributed by atoms with van der Waals surface area (Å²) in [7, 11) is -1.14. The number of aromatic hydroxyl groups is 1. The van der Waals surface area contributed by atoms with Crippen LogP contribution in [0.5, 0.6) is 5.75 Å². The Labute approximate surface area is 120 Å². The van der Waals surface area contributed by atoms with Gasteiger partial charge in [0.05, 0.1) is 12.7 Å². The van der Waals surface area contributed by atoms with Gasteiger partial charge < -0.3 is 19.9 Å². The van der Waals surface area contributed by atoms with E-state index < -0.39 is 13.2 Å². The van der Waals surface area contributed by atoms with E-state index in [2.05, 4.69) is 22.5 Å². The summed E-state index contributed by atoms with van der Waals surface area (Å²) in [5, 5.41) is 28.8. The molecular formula is C13H14BBrO4. The molecule has 19 heavy (non-hydrogen) atoms. The summed E-state index contributed by atoms with van der Waals surface area (Å²) in [6.45, 7) is 3.44. The quantitative estimate of drug-likeness (QED) is 0.745. The molecule has 4 nitrogen and oxygen atoms in total. The number of aliphatic hydroxyl groups excluding tert-OH is 1. The minimum Gasteiger partial charge on any atom is -0.508 e. The largest absolute Gasteiger partial charge is 0.508 e. The van der Waals surface area contributed by atoms with Crippen molar-refractivity contribution < 1.29 is 19.9 Å². The Balaban J connectivity index is 2.24. The van der Waals surface area contributed by atoms with Crippen LogP contribution in [0.1, 0.15) is 18.1 Å². The number of aliphatic hydroxyl groups is 1. The summed E-state index contributed by atoms with van der Waals surface area (Å²) in [5.41, 5.74) is 1.54. The molecule has 0 aliphatic carbocycles. The molecule has 1 atom stereocenters. The second kappa shape index (κ2) is 5.92. The van der Waals surface area contributed by atoms with Crippen molar-refractivity contribution in [3.63, 3.8) is 0 Å². The van der Waals surface area contributed by atoms with Crippen LogP contribution in [0.15, 0.2) is 46.4 Å². The third-order valence-electron chi connectivity index (χ3n) is 3.05. The fourth-order valence-electron chi connectivity index (χ4n) is 2.01. The van der Waals surface area contributed by atoms with Crippen LogP contribution in [0, 0.1) is 0 Å². The lowest BCUT2D eigenvalue weighted by Crippen LogP contribution is -2.29. The lowest BCUT2D eigenvalue weighted by molar-refractivity contribution is 0.164. The van der Waals surface area contributed by atoms with Crippen molar-refractivity contribution in [2.75, 3.05) is 6.61 Å². The molecule has 0 bridgehead atoms. The average Bonchev–Trinajstić information content (AvgIpc) is 2.40. The Morgan fingerprint density at radius 3 is 2.89 bits per heavy atom. The minimum atomic E-state index is -1.14. The van der Waals surface area contributed by atoms with E-state index in [-0.39, 0.29) is 12.4 Å². The molecule has 0 fully saturated rings. The summed E-state index contributed by atoms with van der Waals surface area (Å²) >= 11 is 3.33. The Morgan fingerprint density at radius 2 is 2.26 bits per heavy atom. The molecule has 0 radical (unpaired) electrons. The third-order valence-corrected chi connectivity index (χ3v) is 3.54. The zero-order chi connectivity index (χ0) is 14.0. The fourth-order valence-corrected chi connectivity index (χ4v) is 2.39. The summed E-state index contributed by atoms with van der Waals surface area (Å²) < 4.78 is 6.31. The van der Waals surface area contributed by atoms with Crippen molar-refractivity contribution in [1.29, 1.82) is 0 Å². The number of phenolic OH excluding ortho intramolecular Hbond substituents is 1. The van der Waals surface area contributed by atoms with Gasteiger partial charge in [0, 0.05) is 10.0 Å². The molecule has 1 heterocycles. The molecular weight excluding hydrogens is 311 g/mol. The van der Waals surface area contributed by atoms with Crippen LogP contribution >= 0.6 is 15.9 Å². The molecule has 3 N–H and O–H groups in total. The first kappa shape index (κ1) is 14.3. The van der Waals surface area contributed by atoms with Crippen LogP contribution in [0.25, 0.3) is 0 Å². The molecule has 1 aliphatic rings. The first-order valence-corrected chi connectivity index (χ1v) is 6.63. The average molecular weight is 325 g/mol. The van der Waals surface area contributed by atoms with Crippen molar-refractivity contribution in [1.82, 2.24) is 0 Å². The van der Waals surface area contributed by atoms with Crippen LogP contribution in [0.4, 0.5) is 0 Å². The van der Waals surface area contributed by atoms with E-state index in [1.807, 2.05) is 0 Å². The Kier molecular flexibility index (Phi) is 4.47. The standard InChI is InChI=1S/C13H14BBrO4/c1-8(7-16)11-3-5-13(19-14(11)18)10-6-9(15)2-4-12(10)17/h2-4,6,13,16-18H,1,5,7H2. The molecule has 0 aromatic heterocycles. The molecule has 2 rings (SSSR count). The van der Waals surface area contributed by atoms with Gasteiger partial charge in [-0.05, 0) is 35.7 Å². The molecule has 1 aromatic rings. The first-order chi connectivity index (χ1) is 9.02. The number of hydrogen-bond acceptors (Lipinski definition) is 4. The van der Waals surface area contributed by atoms with Gasteiger partial charge in [-0.2, -0.15) is 0 Å². The van der Waals surface area contributed by atoms with Crippen molar-refractivity contribution in [3.05, 3.63) is 51.9 Å². The Bertz CT molecular complexity index is 529. The van der Waals surface area contributed by atoms with Gasteiger partial charge in [0.1, 0.15) is 5.75 Å². The van der Waals surface area contributed by atoms with Crippen LogP contribution < -0.4 is 0 Å². The summed E-state index contributed by atoms with van der Waals surface area (Å²) in [6, 6.07) is 5.06. The Morgan fingerprint density at radius 1 is 1.53 bits per heavy atom. The van der Waals surface area contributed by atoms with Crippen molar-refractivity contribution >= 4 is 23.0 Å². The number of halogens is 1.